The van der Waals surface area contributed by atoms with Crippen LogP contribution in [0.25, 0.3) is 5.57 Å². The second-order valence-electron chi connectivity index (χ2n) is 7.82. The average molecular weight is 408 g/mol. The number of carboxylic acids is 2. The van der Waals surface area contributed by atoms with Crippen molar-refractivity contribution < 1.29 is 34.4 Å². The van der Waals surface area contributed by atoms with Gasteiger partial charge < -0.3 is 24.8 Å². The molecule has 0 bridgehead atoms. The lowest BCUT2D eigenvalue weighted by atomic mass is 9.86. The number of ether oxygens (including phenoxy) is 2. The number of phenolic OH excluding ortho intramolecular Hbond substituents is 1. The van der Waals surface area contributed by atoms with Gasteiger partial charge in [-0.2, -0.15) is 0 Å². The molecule has 0 unspecified atom stereocenters. The van der Waals surface area contributed by atoms with Crippen molar-refractivity contribution in [3.05, 3.63) is 22.8 Å². The second kappa shape index (κ2) is 10.7. The van der Waals surface area contributed by atoms with E-state index in [1.54, 1.807) is 0 Å². The number of phenols is 1. The second-order valence-corrected chi connectivity index (χ2v) is 7.82. The Morgan fingerprint density at radius 2 is 1.52 bits per heavy atom. The number of allylic oxidation sites excluding steroid dienone is 1. The normalized spacial score (nSPS) is 10.9. The first-order valence-corrected chi connectivity index (χ1v) is 9.71. The summed E-state index contributed by atoms with van der Waals surface area (Å²) in [6, 6.07) is 1.51. The Morgan fingerprint density at radius 1 is 0.966 bits per heavy atom. The number of benzene rings is 1. The van der Waals surface area contributed by atoms with E-state index in [0.717, 1.165) is 6.42 Å². The van der Waals surface area contributed by atoms with Gasteiger partial charge in [0.05, 0.1) is 14.2 Å². The molecule has 7 nitrogen and oxygen atoms in total. The third-order valence-corrected chi connectivity index (χ3v) is 4.75. The van der Waals surface area contributed by atoms with Gasteiger partial charge in [0.2, 0.25) is 5.75 Å². The van der Waals surface area contributed by atoms with Crippen molar-refractivity contribution >= 4 is 17.5 Å². The van der Waals surface area contributed by atoms with Crippen molar-refractivity contribution in [1.82, 2.24) is 0 Å². The van der Waals surface area contributed by atoms with Gasteiger partial charge in [0.15, 0.2) is 11.5 Å². The minimum Gasteiger partial charge on any atom is -0.502 e. The highest BCUT2D eigenvalue weighted by atomic mass is 16.5. The third-order valence-electron chi connectivity index (χ3n) is 4.75. The van der Waals surface area contributed by atoms with Crippen LogP contribution in [0, 0.1) is 11.8 Å². The molecule has 29 heavy (non-hydrogen) atoms. The molecule has 0 aliphatic heterocycles. The number of aromatic hydroxyl groups is 1. The first-order valence-electron chi connectivity index (χ1n) is 9.71. The maximum absolute atomic E-state index is 11.8. The number of hydrogen-bond acceptors (Lipinski definition) is 5. The quantitative estimate of drug-likeness (QED) is 0.283. The highest BCUT2D eigenvalue weighted by Crippen LogP contribution is 2.45. The van der Waals surface area contributed by atoms with Gasteiger partial charge in [0.1, 0.15) is 5.57 Å². The Kier molecular flexibility index (Phi) is 9.01. The van der Waals surface area contributed by atoms with Crippen LogP contribution < -0.4 is 9.47 Å². The molecule has 162 valence electrons. The summed E-state index contributed by atoms with van der Waals surface area (Å²) in [7, 11) is 2.78. The summed E-state index contributed by atoms with van der Waals surface area (Å²) in [5.74, 6) is -2.33. The molecule has 0 aliphatic carbocycles. The highest BCUT2D eigenvalue weighted by Gasteiger charge is 2.28. The van der Waals surface area contributed by atoms with E-state index in [1.165, 1.54) is 20.3 Å². The molecule has 0 saturated carbocycles. The fourth-order valence-electron chi connectivity index (χ4n) is 3.17. The van der Waals surface area contributed by atoms with E-state index in [9.17, 15) is 24.9 Å². The molecule has 0 aromatic heterocycles. The number of carboxylic acid groups (broad SMARTS) is 2. The van der Waals surface area contributed by atoms with Gasteiger partial charge in [-0.3, -0.25) is 0 Å². The van der Waals surface area contributed by atoms with Crippen LogP contribution in [0.2, 0.25) is 0 Å². The zero-order valence-corrected chi connectivity index (χ0v) is 18.0. The van der Waals surface area contributed by atoms with E-state index < -0.39 is 17.5 Å². The van der Waals surface area contributed by atoms with Crippen LogP contribution in [-0.2, 0) is 16.0 Å². The number of hydrogen-bond donors (Lipinski definition) is 3. The minimum atomic E-state index is -1.50. The van der Waals surface area contributed by atoms with Crippen LogP contribution in [0.3, 0.4) is 0 Å². The first-order chi connectivity index (χ1) is 13.5. The number of carbonyl (C=O) groups is 2. The smallest absolute Gasteiger partial charge is 0.343 e. The fourth-order valence-corrected chi connectivity index (χ4v) is 3.17. The van der Waals surface area contributed by atoms with Crippen LogP contribution in [0.15, 0.2) is 11.6 Å². The van der Waals surface area contributed by atoms with Crippen LogP contribution in [0.5, 0.6) is 17.2 Å². The topological polar surface area (TPSA) is 113 Å². The molecule has 0 atom stereocenters. The lowest BCUT2D eigenvalue weighted by Crippen LogP contribution is -2.15. The summed E-state index contributed by atoms with van der Waals surface area (Å²) in [4.78, 5) is 23.6. The predicted octanol–water partition coefficient (Wildman–Crippen LogP) is 4.36. The summed E-state index contributed by atoms with van der Waals surface area (Å²) in [5, 5.41) is 29.7. The SMILES string of the molecule is COc1cc(C(CCC(C)C)=C(C(=O)O)C(=O)O)c(CCC(C)C)c(OC)c1O. The molecule has 7 heteroatoms. The highest BCUT2D eigenvalue weighted by molar-refractivity contribution is 6.18. The Balaban J connectivity index is 3.91. The van der Waals surface area contributed by atoms with Crippen molar-refractivity contribution in [2.45, 2.75) is 53.4 Å². The average Bonchev–Trinajstić information content (AvgIpc) is 2.62. The van der Waals surface area contributed by atoms with Gasteiger partial charge in [-0.05, 0) is 54.7 Å². The zero-order valence-electron chi connectivity index (χ0n) is 18.0. The zero-order chi connectivity index (χ0) is 22.3. The van der Waals surface area contributed by atoms with Gasteiger partial charge in [0.25, 0.3) is 0 Å². The number of methoxy groups -OCH3 is 2. The van der Waals surface area contributed by atoms with Gasteiger partial charge in [0, 0.05) is 5.56 Å². The van der Waals surface area contributed by atoms with E-state index >= 15 is 0 Å². The lowest BCUT2D eigenvalue weighted by molar-refractivity contribution is -0.140. The lowest BCUT2D eigenvalue weighted by Gasteiger charge is -2.21. The van der Waals surface area contributed by atoms with Gasteiger partial charge in [-0.1, -0.05) is 27.7 Å². The number of rotatable bonds is 11. The van der Waals surface area contributed by atoms with E-state index in [1.807, 2.05) is 27.7 Å². The molecule has 0 amide bonds. The summed E-state index contributed by atoms with van der Waals surface area (Å²) < 4.78 is 10.7. The monoisotopic (exact) mass is 408 g/mol. The Morgan fingerprint density at radius 3 is 1.93 bits per heavy atom. The van der Waals surface area contributed by atoms with Gasteiger partial charge in [-0.15, -0.1) is 0 Å². The Hall–Kier alpha value is -2.70. The molecule has 0 fully saturated rings. The molecule has 0 aliphatic rings. The van der Waals surface area contributed by atoms with Gasteiger partial charge >= 0.3 is 11.9 Å². The summed E-state index contributed by atoms with van der Waals surface area (Å²) in [5.41, 5.74) is 0.538. The minimum absolute atomic E-state index is 0.0994. The predicted molar refractivity (Wildman–Crippen MR) is 111 cm³/mol. The largest absolute Gasteiger partial charge is 0.502 e. The molecule has 3 N–H and O–H groups in total. The van der Waals surface area contributed by atoms with Crippen LogP contribution in [0.1, 0.15) is 58.1 Å². The summed E-state index contributed by atoms with van der Waals surface area (Å²) >= 11 is 0. The van der Waals surface area contributed by atoms with E-state index in [2.05, 4.69) is 0 Å². The van der Waals surface area contributed by atoms with Crippen LogP contribution in [0.4, 0.5) is 0 Å². The van der Waals surface area contributed by atoms with Crippen molar-refractivity contribution in [2.75, 3.05) is 14.2 Å². The standard InChI is InChI=1S/C22H32O7/c1-12(2)7-9-14(18(21(24)25)22(26)27)16-11-17(28-5)19(23)20(29-6)15(16)10-8-13(3)4/h11-13,23H,7-10H2,1-6H3,(H,24,25)(H,26,27). The molecule has 1 rings (SSSR count). The van der Waals surface area contributed by atoms with E-state index in [0.29, 0.717) is 29.9 Å². The van der Waals surface area contributed by atoms with E-state index in [4.69, 9.17) is 9.47 Å². The molecular formula is C22H32O7. The van der Waals surface area contributed by atoms with Crippen molar-refractivity contribution in [2.24, 2.45) is 11.8 Å². The Labute approximate surface area is 172 Å². The fraction of sp³-hybridized carbons (Fsp3) is 0.545. The molecule has 0 heterocycles. The van der Waals surface area contributed by atoms with Gasteiger partial charge in [-0.25, -0.2) is 9.59 Å². The third kappa shape index (κ3) is 6.14. The molecule has 0 radical (unpaired) electrons. The number of aliphatic carboxylic acids is 2. The maximum atomic E-state index is 11.8. The van der Waals surface area contributed by atoms with Crippen molar-refractivity contribution in [1.29, 1.82) is 0 Å². The Bertz CT molecular complexity index is 760. The van der Waals surface area contributed by atoms with Crippen molar-refractivity contribution in [3.8, 4) is 17.2 Å². The van der Waals surface area contributed by atoms with Crippen molar-refractivity contribution in [3.63, 3.8) is 0 Å². The molecule has 0 spiro atoms. The molecule has 0 saturated heterocycles. The molecule has 1 aromatic rings. The van der Waals surface area contributed by atoms with E-state index in [-0.39, 0.29) is 35.2 Å². The van der Waals surface area contributed by atoms with Crippen LogP contribution >= 0.6 is 0 Å². The first kappa shape index (κ1) is 24.3. The molecular weight excluding hydrogens is 376 g/mol. The summed E-state index contributed by atoms with van der Waals surface area (Å²) in [6.07, 6.45) is 2.11. The maximum Gasteiger partial charge on any atom is 0.343 e. The summed E-state index contributed by atoms with van der Waals surface area (Å²) in [6.45, 7) is 8.06. The molecule has 1 aromatic carbocycles. The van der Waals surface area contributed by atoms with Crippen LogP contribution in [-0.4, -0.2) is 41.5 Å².